The maximum absolute atomic E-state index is 11.2. The largest absolute Gasteiger partial charge is 0.393 e. The lowest BCUT2D eigenvalue weighted by atomic mass is 9.93. The maximum atomic E-state index is 11.2. The molecule has 3 N–H and O–H groups in total. The van der Waals surface area contributed by atoms with Gasteiger partial charge < -0.3 is 15.7 Å². The molecule has 8 heteroatoms. The van der Waals surface area contributed by atoms with Crippen LogP contribution in [0.15, 0.2) is 0 Å². The Balaban J connectivity index is 2.24. The average Bonchev–Trinajstić information content (AvgIpc) is 2.40. The van der Waals surface area contributed by atoms with Crippen LogP contribution in [-0.4, -0.2) is 39.2 Å². The van der Waals surface area contributed by atoms with Gasteiger partial charge in [-0.25, -0.2) is 4.98 Å². The minimum atomic E-state index is -0.464. The number of aliphatic hydroxyl groups is 1. The third-order valence-corrected chi connectivity index (χ3v) is 3.50. The molecule has 1 aliphatic carbocycles. The summed E-state index contributed by atoms with van der Waals surface area (Å²) in [6.45, 7) is 1.59. The molecule has 1 aliphatic rings. The van der Waals surface area contributed by atoms with Gasteiger partial charge in [0.15, 0.2) is 0 Å². The lowest BCUT2D eigenvalue weighted by Gasteiger charge is -2.26. The normalized spacial score (nSPS) is 22.4. The van der Waals surface area contributed by atoms with Crippen LogP contribution < -0.4 is 10.6 Å². The summed E-state index contributed by atoms with van der Waals surface area (Å²) in [5.74, 6) is 0.597. The predicted octanol–water partition coefficient (Wildman–Crippen LogP) is 1.45. The van der Waals surface area contributed by atoms with E-state index in [1.54, 1.807) is 14.0 Å². The number of hydrogen-bond donors (Lipinski definition) is 3. The number of hydrogen-bond acceptors (Lipinski definition) is 7. The molecule has 0 atom stereocenters. The standard InChI is InChI=1S/C12H19N5O3/c1-7-10(17(19)20)11(16-12(13-2)14-7)15-8-3-5-9(18)6-4-8/h8-9,18H,3-6H2,1-2H3,(H2,13,14,15,16). The molecular weight excluding hydrogens is 262 g/mol. The molecule has 110 valence electrons. The van der Waals surface area contributed by atoms with Crippen molar-refractivity contribution in [2.75, 3.05) is 17.7 Å². The van der Waals surface area contributed by atoms with Crippen molar-refractivity contribution in [2.24, 2.45) is 0 Å². The number of anilines is 2. The van der Waals surface area contributed by atoms with Crippen LogP contribution in [0.1, 0.15) is 31.4 Å². The van der Waals surface area contributed by atoms with E-state index < -0.39 is 4.92 Å². The molecule has 0 aliphatic heterocycles. The first-order valence-electron chi connectivity index (χ1n) is 6.66. The maximum Gasteiger partial charge on any atom is 0.332 e. The molecule has 0 amide bonds. The molecule has 20 heavy (non-hydrogen) atoms. The Bertz CT molecular complexity index is 500. The molecule has 2 rings (SSSR count). The van der Waals surface area contributed by atoms with Crippen LogP contribution >= 0.6 is 0 Å². The first kappa shape index (κ1) is 14.4. The minimum Gasteiger partial charge on any atom is -0.393 e. The van der Waals surface area contributed by atoms with Crippen molar-refractivity contribution < 1.29 is 10.0 Å². The van der Waals surface area contributed by atoms with Gasteiger partial charge in [0.05, 0.1) is 11.0 Å². The fraction of sp³-hybridized carbons (Fsp3) is 0.667. The molecule has 0 spiro atoms. The summed E-state index contributed by atoms with van der Waals surface area (Å²) in [5.41, 5.74) is 0.239. The Morgan fingerprint density at radius 1 is 1.30 bits per heavy atom. The Hall–Kier alpha value is -1.96. The fourth-order valence-corrected chi connectivity index (χ4v) is 2.41. The van der Waals surface area contributed by atoms with Crippen LogP contribution in [0.4, 0.5) is 17.5 Å². The van der Waals surface area contributed by atoms with E-state index in [9.17, 15) is 15.2 Å². The number of nitrogens with one attached hydrogen (secondary N) is 2. The Morgan fingerprint density at radius 2 is 1.95 bits per heavy atom. The second-order valence-corrected chi connectivity index (χ2v) is 4.99. The van der Waals surface area contributed by atoms with Crippen molar-refractivity contribution >= 4 is 17.5 Å². The number of nitrogens with zero attached hydrogens (tertiary/aromatic N) is 3. The number of nitro groups is 1. The highest BCUT2D eigenvalue weighted by molar-refractivity contribution is 5.61. The third kappa shape index (κ3) is 3.13. The highest BCUT2D eigenvalue weighted by Crippen LogP contribution is 2.29. The summed E-state index contributed by atoms with van der Waals surface area (Å²) < 4.78 is 0. The summed E-state index contributed by atoms with van der Waals surface area (Å²) >= 11 is 0. The van der Waals surface area contributed by atoms with Crippen molar-refractivity contribution in [1.29, 1.82) is 0 Å². The number of aromatic nitrogens is 2. The van der Waals surface area contributed by atoms with E-state index in [0.29, 0.717) is 24.5 Å². The van der Waals surface area contributed by atoms with Gasteiger partial charge in [0.1, 0.15) is 5.69 Å². The molecular formula is C12H19N5O3. The summed E-state index contributed by atoms with van der Waals surface area (Å²) in [6, 6.07) is 0.0936. The second-order valence-electron chi connectivity index (χ2n) is 4.99. The molecule has 0 radical (unpaired) electrons. The zero-order chi connectivity index (χ0) is 14.7. The third-order valence-electron chi connectivity index (χ3n) is 3.50. The monoisotopic (exact) mass is 281 g/mol. The van der Waals surface area contributed by atoms with Crippen LogP contribution in [0, 0.1) is 17.0 Å². The van der Waals surface area contributed by atoms with E-state index in [4.69, 9.17) is 0 Å². The zero-order valence-corrected chi connectivity index (χ0v) is 11.6. The van der Waals surface area contributed by atoms with Crippen molar-refractivity contribution in [3.8, 4) is 0 Å². The van der Waals surface area contributed by atoms with E-state index in [0.717, 1.165) is 12.8 Å². The number of aliphatic hydroxyl groups excluding tert-OH is 1. The van der Waals surface area contributed by atoms with Gasteiger partial charge in [-0.05, 0) is 32.6 Å². The molecule has 1 heterocycles. The minimum absolute atomic E-state index is 0.0879. The van der Waals surface area contributed by atoms with E-state index in [1.165, 1.54) is 0 Å². The molecule has 8 nitrogen and oxygen atoms in total. The molecule has 1 aromatic rings. The van der Waals surface area contributed by atoms with Crippen molar-refractivity contribution in [3.63, 3.8) is 0 Å². The van der Waals surface area contributed by atoms with Gasteiger partial charge in [-0.1, -0.05) is 0 Å². The number of aryl methyl sites for hydroxylation is 1. The summed E-state index contributed by atoms with van der Waals surface area (Å²) in [5, 5.41) is 26.6. The lowest BCUT2D eigenvalue weighted by Crippen LogP contribution is -2.29. The quantitative estimate of drug-likeness (QED) is 0.565. The van der Waals surface area contributed by atoms with Gasteiger partial charge in [-0.3, -0.25) is 10.1 Å². The van der Waals surface area contributed by atoms with Crippen molar-refractivity contribution in [2.45, 2.75) is 44.8 Å². The van der Waals surface area contributed by atoms with Gasteiger partial charge in [0.2, 0.25) is 11.8 Å². The second kappa shape index (κ2) is 6.00. The predicted molar refractivity (Wildman–Crippen MR) is 74.9 cm³/mol. The zero-order valence-electron chi connectivity index (χ0n) is 11.6. The first-order valence-corrected chi connectivity index (χ1v) is 6.66. The van der Waals surface area contributed by atoms with Gasteiger partial charge in [-0.2, -0.15) is 4.98 Å². The fourth-order valence-electron chi connectivity index (χ4n) is 2.41. The topological polar surface area (TPSA) is 113 Å². The average molecular weight is 281 g/mol. The number of rotatable bonds is 4. The molecule has 1 saturated carbocycles. The van der Waals surface area contributed by atoms with E-state index in [-0.39, 0.29) is 23.7 Å². The molecule has 0 saturated heterocycles. The van der Waals surface area contributed by atoms with Crippen LogP contribution in [0.2, 0.25) is 0 Å². The SMILES string of the molecule is CNc1nc(C)c([N+](=O)[O-])c(NC2CCC(O)CC2)n1. The van der Waals surface area contributed by atoms with Gasteiger partial charge in [0, 0.05) is 13.1 Å². The Labute approximate surface area is 116 Å². The first-order chi connectivity index (χ1) is 9.51. The highest BCUT2D eigenvalue weighted by atomic mass is 16.6. The Kier molecular flexibility index (Phi) is 4.33. The van der Waals surface area contributed by atoms with Gasteiger partial charge >= 0.3 is 5.69 Å². The van der Waals surface area contributed by atoms with Crippen LogP contribution in [0.5, 0.6) is 0 Å². The highest BCUT2D eigenvalue weighted by Gasteiger charge is 2.26. The summed E-state index contributed by atoms with van der Waals surface area (Å²) in [6.07, 6.45) is 2.69. The summed E-state index contributed by atoms with van der Waals surface area (Å²) in [4.78, 5) is 18.9. The Morgan fingerprint density at radius 3 is 2.50 bits per heavy atom. The van der Waals surface area contributed by atoms with Gasteiger partial charge in [0.25, 0.3) is 0 Å². The smallest absolute Gasteiger partial charge is 0.332 e. The molecule has 1 fully saturated rings. The lowest BCUT2D eigenvalue weighted by molar-refractivity contribution is -0.385. The van der Waals surface area contributed by atoms with Crippen molar-refractivity contribution in [1.82, 2.24) is 9.97 Å². The molecule has 0 aromatic carbocycles. The van der Waals surface area contributed by atoms with E-state index >= 15 is 0 Å². The van der Waals surface area contributed by atoms with Gasteiger partial charge in [-0.15, -0.1) is 0 Å². The molecule has 0 bridgehead atoms. The molecule has 0 unspecified atom stereocenters. The van der Waals surface area contributed by atoms with E-state index in [2.05, 4.69) is 20.6 Å². The van der Waals surface area contributed by atoms with Crippen LogP contribution in [0.3, 0.4) is 0 Å². The molecule has 1 aromatic heterocycles. The van der Waals surface area contributed by atoms with Crippen LogP contribution in [-0.2, 0) is 0 Å². The van der Waals surface area contributed by atoms with Crippen molar-refractivity contribution in [3.05, 3.63) is 15.8 Å². The van der Waals surface area contributed by atoms with E-state index in [1.807, 2.05) is 0 Å². The summed E-state index contributed by atoms with van der Waals surface area (Å²) in [7, 11) is 1.67. The van der Waals surface area contributed by atoms with Crippen LogP contribution in [0.25, 0.3) is 0 Å².